The number of rotatable bonds is 14. The minimum absolute atomic E-state index is 0.0422. The van der Waals surface area contributed by atoms with Gasteiger partial charge in [-0.15, -0.1) is 0 Å². The molecule has 4 aliphatic rings. The predicted molar refractivity (Wildman–Crippen MR) is 277 cm³/mol. The monoisotopic (exact) mass is 856 g/mol. The quantitative estimate of drug-likeness (QED) is 0.0805. The molecule has 4 nitrogen and oxygen atoms in total. The molecular formula is C62H52N2O2. The summed E-state index contributed by atoms with van der Waals surface area (Å²) in [6, 6.07) is 47.2. The minimum Gasteiger partial charge on any atom is -0.461 e. The van der Waals surface area contributed by atoms with Crippen LogP contribution in [0, 0.1) is 11.8 Å². The second kappa shape index (κ2) is 19.3. The maximum atomic E-state index is 6.89. The molecule has 0 saturated heterocycles. The Balaban J connectivity index is 0.915. The molecule has 3 unspecified atom stereocenters. The van der Waals surface area contributed by atoms with E-state index in [1.807, 2.05) is 30.4 Å². The maximum Gasteiger partial charge on any atom is 0.129 e. The number of ether oxygens (including phenoxy) is 2. The van der Waals surface area contributed by atoms with Crippen LogP contribution in [0.25, 0.3) is 21.5 Å². The van der Waals surface area contributed by atoms with E-state index in [9.17, 15) is 0 Å². The number of fused-ring (bicyclic) bond motifs is 4. The number of hydrogen-bond donors (Lipinski definition) is 0. The van der Waals surface area contributed by atoms with Crippen molar-refractivity contribution in [1.82, 2.24) is 0 Å². The van der Waals surface area contributed by atoms with Gasteiger partial charge in [-0.3, -0.25) is 0 Å². The molecule has 0 amide bonds. The fourth-order valence-corrected chi connectivity index (χ4v) is 9.52. The van der Waals surface area contributed by atoms with Crippen molar-refractivity contribution in [3.05, 3.63) is 278 Å². The molecule has 0 radical (unpaired) electrons. The van der Waals surface area contributed by atoms with Crippen LogP contribution in [0.2, 0.25) is 0 Å². The highest BCUT2D eigenvalue weighted by Gasteiger charge is 2.32. The van der Waals surface area contributed by atoms with Crippen molar-refractivity contribution < 1.29 is 9.47 Å². The van der Waals surface area contributed by atoms with Gasteiger partial charge in [0.1, 0.15) is 23.0 Å². The van der Waals surface area contributed by atoms with E-state index in [-0.39, 0.29) is 17.9 Å². The molecule has 66 heavy (non-hydrogen) atoms. The van der Waals surface area contributed by atoms with Gasteiger partial charge in [-0.25, -0.2) is 0 Å². The maximum absolute atomic E-state index is 6.89. The number of nitrogens with zero attached hydrogens (tertiary/aromatic N) is 2. The SMILES string of the molecule is C=CC=CC1=CCC(N(C2=CCCC=C2)c2cccc(OC3=CC=CC4C(Oc5cccc(N(c6ccccc6)c6cc7ccccc7c7ccccc67)c5)=CC=CC34)c2)C=C1C=CC=C. The lowest BCUT2D eigenvalue weighted by Gasteiger charge is -2.36. The van der Waals surface area contributed by atoms with Crippen LogP contribution in [0.4, 0.5) is 22.7 Å². The number of benzene rings is 6. The smallest absolute Gasteiger partial charge is 0.129 e. The van der Waals surface area contributed by atoms with E-state index in [4.69, 9.17) is 9.47 Å². The molecule has 0 heterocycles. The van der Waals surface area contributed by atoms with Crippen molar-refractivity contribution in [3.63, 3.8) is 0 Å². The lowest BCUT2D eigenvalue weighted by molar-refractivity contribution is 0.294. The van der Waals surface area contributed by atoms with Crippen molar-refractivity contribution in [2.45, 2.75) is 25.3 Å². The van der Waals surface area contributed by atoms with Crippen LogP contribution < -0.4 is 19.3 Å². The second-order valence-electron chi connectivity index (χ2n) is 16.7. The molecule has 0 spiro atoms. The van der Waals surface area contributed by atoms with E-state index in [2.05, 4.69) is 229 Å². The van der Waals surface area contributed by atoms with Crippen LogP contribution in [0.15, 0.2) is 278 Å². The summed E-state index contributed by atoms with van der Waals surface area (Å²) in [5.74, 6) is 3.20. The lowest BCUT2D eigenvalue weighted by Crippen LogP contribution is -2.34. The van der Waals surface area contributed by atoms with E-state index < -0.39 is 0 Å². The van der Waals surface area contributed by atoms with Crippen LogP contribution in [0.3, 0.4) is 0 Å². The average Bonchev–Trinajstić information content (AvgIpc) is 3.37. The van der Waals surface area contributed by atoms with Gasteiger partial charge in [0.15, 0.2) is 0 Å². The summed E-state index contributed by atoms with van der Waals surface area (Å²) in [4.78, 5) is 4.78. The molecule has 4 aliphatic carbocycles. The van der Waals surface area contributed by atoms with E-state index in [1.165, 1.54) is 32.8 Å². The Kier molecular flexibility index (Phi) is 12.3. The molecule has 0 aliphatic heterocycles. The molecule has 6 aromatic rings. The van der Waals surface area contributed by atoms with Crippen LogP contribution >= 0.6 is 0 Å². The van der Waals surface area contributed by atoms with Gasteiger partial charge in [-0.2, -0.15) is 0 Å². The first-order valence-electron chi connectivity index (χ1n) is 22.9. The molecule has 0 bridgehead atoms. The summed E-state index contributed by atoms with van der Waals surface area (Å²) < 4.78 is 13.8. The van der Waals surface area contributed by atoms with Gasteiger partial charge in [0.2, 0.25) is 0 Å². The highest BCUT2D eigenvalue weighted by molar-refractivity contribution is 6.14. The Labute approximate surface area is 388 Å². The zero-order chi connectivity index (χ0) is 44.7. The molecule has 322 valence electrons. The Morgan fingerprint density at radius 2 is 1.18 bits per heavy atom. The topological polar surface area (TPSA) is 24.9 Å². The van der Waals surface area contributed by atoms with Crippen LogP contribution in [0.5, 0.6) is 11.5 Å². The lowest BCUT2D eigenvalue weighted by atomic mass is 9.82. The zero-order valence-corrected chi connectivity index (χ0v) is 37.0. The van der Waals surface area contributed by atoms with Gasteiger partial charge in [-0.1, -0.05) is 177 Å². The minimum atomic E-state index is -0.0453. The van der Waals surface area contributed by atoms with Crippen molar-refractivity contribution in [2.24, 2.45) is 11.8 Å². The van der Waals surface area contributed by atoms with Gasteiger partial charge >= 0.3 is 0 Å². The summed E-state index contributed by atoms with van der Waals surface area (Å²) in [7, 11) is 0. The van der Waals surface area contributed by atoms with E-state index in [0.717, 1.165) is 70.6 Å². The summed E-state index contributed by atoms with van der Waals surface area (Å²) >= 11 is 0. The van der Waals surface area contributed by atoms with Crippen molar-refractivity contribution >= 4 is 44.3 Å². The molecule has 4 heteroatoms. The summed E-state index contributed by atoms with van der Waals surface area (Å²) in [5.41, 5.74) is 7.78. The predicted octanol–water partition coefficient (Wildman–Crippen LogP) is 16.2. The normalized spacial score (nSPS) is 18.8. The first kappa shape index (κ1) is 41.9. The molecule has 3 atom stereocenters. The molecule has 0 saturated carbocycles. The molecule has 0 N–H and O–H groups in total. The Hall–Kier alpha value is -8.08. The largest absolute Gasteiger partial charge is 0.461 e. The van der Waals surface area contributed by atoms with Crippen LogP contribution in [-0.4, -0.2) is 6.04 Å². The summed E-state index contributed by atoms with van der Waals surface area (Å²) in [5, 5.41) is 4.84. The fourth-order valence-electron chi connectivity index (χ4n) is 9.52. The molecule has 0 fully saturated rings. The van der Waals surface area contributed by atoms with Crippen LogP contribution in [-0.2, 0) is 0 Å². The van der Waals surface area contributed by atoms with Crippen LogP contribution in [0.1, 0.15) is 19.3 Å². The van der Waals surface area contributed by atoms with Gasteiger partial charge in [-0.05, 0) is 107 Å². The number of anilines is 4. The van der Waals surface area contributed by atoms with Crippen molar-refractivity contribution in [2.75, 3.05) is 9.80 Å². The molecule has 0 aromatic heterocycles. The summed E-state index contributed by atoms with van der Waals surface area (Å²) in [6.45, 7) is 7.80. The third-order valence-corrected chi connectivity index (χ3v) is 12.5. The third-order valence-electron chi connectivity index (χ3n) is 12.5. The average molecular weight is 857 g/mol. The first-order valence-corrected chi connectivity index (χ1v) is 22.9. The number of para-hydroxylation sites is 1. The fraction of sp³-hybridized carbons (Fsp3) is 0.0968. The van der Waals surface area contributed by atoms with E-state index in [1.54, 1.807) is 0 Å². The number of allylic oxidation sites excluding steroid dienone is 17. The van der Waals surface area contributed by atoms with Gasteiger partial charge in [0, 0.05) is 52.1 Å². The van der Waals surface area contributed by atoms with Gasteiger partial charge < -0.3 is 19.3 Å². The molecule has 6 aromatic carbocycles. The van der Waals surface area contributed by atoms with E-state index >= 15 is 0 Å². The van der Waals surface area contributed by atoms with Gasteiger partial charge in [0.25, 0.3) is 0 Å². The first-order chi connectivity index (χ1) is 32.6. The molecular weight excluding hydrogens is 805 g/mol. The highest BCUT2D eigenvalue weighted by Crippen LogP contribution is 2.44. The number of hydrogen-bond acceptors (Lipinski definition) is 4. The highest BCUT2D eigenvalue weighted by atomic mass is 16.5. The summed E-state index contributed by atoms with van der Waals surface area (Å²) in [6.07, 6.45) is 39.1. The third kappa shape index (κ3) is 8.74. The standard InChI is InChI=1S/C62H52N2O2/c1-3-5-21-45-39-40-52(41-46(45)22-6-4-2)63(48-24-9-7-10-25-48)50-28-17-30-53(43-50)65-61-37-19-36-59-58(61)35-20-38-62(59)66-54-31-18-29-51(44-54)64(49-26-11-8-12-27-49)60-42-47-23-13-14-32-55(47)56-33-15-16-34-57(56)60/h3-6,8-9,11-39,41-44,52,58-59H,1-2,7,10,40H2. The Morgan fingerprint density at radius 1 is 0.561 bits per heavy atom. The molecule has 10 rings (SSSR count). The zero-order valence-electron chi connectivity index (χ0n) is 37.0. The Morgan fingerprint density at radius 3 is 1.88 bits per heavy atom. The second-order valence-corrected chi connectivity index (χ2v) is 16.7. The van der Waals surface area contributed by atoms with E-state index in [0.29, 0.717) is 0 Å². The van der Waals surface area contributed by atoms with Crippen molar-refractivity contribution in [3.8, 4) is 11.5 Å². The van der Waals surface area contributed by atoms with Gasteiger partial charge in [0.05, 0.1) is 11.7 Å². The Bertz CT molecular complexity index is 3130. The van der Waals surface area contributed by atoms with Crippen molar-refractivity contribution in [1.29, 1.82) is 0 Å².